The molecule has 0 radical (unpaired) electrons. The van der Waals surface area contributed by atoms with Crippen LogP contribution in [0.4, 0.5) is 10.2 Å². The van der Waals surface area contributed by atoms with Gasteiger partial charge in [-0.1, -0.05) is 35.9 Å². The highest BCUT2D eigenvalue weighted by molar-refractivity contribution is 5.94. The number of hydrogen-bond donors (Lipinski definition) is 1. The molecule has 3 aromatic rings. The van der Waals surface area contributed by atoms with Crippen LogP contribution in [-0.4, -0.2) is 15.7 Å². The lowest BCUT2D eigenvalue weighted by Crippen LogP contribution is -2.25. The molecule has 1 N–H and O–H groups in total. The van der Waals surface area contributed by atoms with E-state index in [-0.39, 0.29) is 24.1 Å². The van der Waals surface area contributed by atoms with E-state index >= 15 is 0 Å². The molecule has 120 valence electrons. The number of aryl methyl sites for hydroxylation is 1. The Kier molecular flexibility index (Phi) is 3.41. The van der Waals surface area contributed by atoms with E-state index in [4.69, 9.17) is 0 Å². The molecule has 2 aromatic carbocycles. The lowest BCUT2D eigenvalue weighted by Gasteiger charge is -2.24. The lowest BCUT2D eigenvalue weighted by atomic mass is 9.87. The van der Waals surface area contributed by atoms with Gasteiger partial charge in [-0.15, -0.1) is 0 Å². The highest BCUT2D eigenvalue weighted by atomic mass is 19.1. The molecule has 0 unspecified atom stereocenters. The number of aromatic nitrogens is 2. The fourth-order valence-electron chi connectivity index (χ4n) is 3.14. The first-order chi connectivity index (χ1) is 11.6. The number of nitrogens with one attached hydrogen (secondary N) is 1. The summed E-state index contributed by atoms with van der Waals surface area (Å²) in [5, 5.41) is 7.30. The summed E-state index contributed by atoms with van der Waals surface area (Å²) in [5.41, 5.74) is 3.36. The minimum absolute atomic E-state index is 0.135. The van der Waals surface area contributed by atoms with Crippen LogP contribution in [0, 0.1) is 12.7 Å². The number of anilines is 1. The number of carbonyl (C=O) groups is 1. The van der Waals surface area contributed by atoms with E-state index in [9.17, 15) is 9.18 Å². The van der Waals surface area contributed by atoms with Crippen molar-refractivity contribution >= 4 is 11.7 Å². The minimum atomic E-state index is -0.325. The topological polar surface area (TPSA) is 46.9 Å². The minimum Gasteiger partial charge on any atom is -0.310 e. The number of carbonyl (C=O) groups excluding carboxylic acids is 1. The number of fused-ring (bicyclic) bond motifs is 1. The highest BCUT2D eigenvalue weighted by Gasteiger charge is 2.31. The first kappa shape index (κ1) is 14.6. The molecule has 1 aromatic heterocycles. The highest BCUT2D eigenvalue weighted by Crippen LogP contribution is 2.38. The van der Waals surface area contributed by atoms with Gasteiger partial charge in [0.25, 0.3) is 0 Å². The maximum absolute atomic E-state index is 14.2. The normalized spacial score (nSPS) is 16.6. The van der Waals surface area contributed by atoms with Crippen molar-refractivity contribution in [3.63, 3.8) is 0 Å². The zero-order chi connectivity index (χ0) is 16.7. The zero-order valence-corrected chi connectivity index (χ0v) is 13.2. The van der Waals surface area contributed by atoms with E-state index < -0.39 is 0 Å². The van der Waals surface area contributed by atoms with Gasteiger partial charge >= 0.3 is 0 Å². The lowest BCUT2D eigenvalue weighted by molar-refractivity contribution is -0.116. The Balaban J connectivity index is 1.83. The Bertz CT molecular complexity index is 915. The largest absolute Gasteiger partial charge is 0.310 e. The molecule has 4 nitrogen and oxygen atoms in total. The van der Waals surface area contributed by atoms with E-state index in [1.807, 2.05) is 31.2 Å². The molecular formula is C19H16FN3O. The summed E-state index contributed by atoms with van der Waals surface area (Å²) in [6.07, 6.45) is 1.93. The first-order valence-electron chi connectivity index (χ1n) is 7.83. The first-order valence-corrected chi connectivity index (χ1v) is 7.83. The van der Waals surface area contributed by atoms with Crippen LogP contribution in [0.3, 0.4) is 0 Å². The SMILES string of the molecule is Cc1ccc(-n2ncc3c2NC(=O)C[C@@H]3c2ccccc2F)cc1. The summed E-state index contributed by atoms with van der Waals surface area (Å²) < 4.78 is 15.9. The maximum Gasteiger partial charge on any atom is 0.226 e. The van der Waals surface area contributed by atoms with Crippen molar-refractivity contribution in [3.8, 4) is 5.69 Å². The number of benzene rings is 2. The van der Waals surface area contributed by atoms with E-state index in [1.165, 1.54) is 6.07 Å². The third-order valence-corrected chi connectivity index (χ3v) is 4.38. The average Bonchev–Trinajstić information content (AvgIpc) is 2.99. The average molecular weight is 321 g/mol. The van der Waals surface area contributed by atoms with Crippen molar-refractivity contribution in [2.75, 3.05) is 5.32 Å². The summed E-state index contributed by atoms with van der Waals surface area (Å²) in [6.45, 7) is 2.01. The summed E-state index contributed by atoms with van der Waals surface area (Å²) in [7, 11) is 0. The number of hydrogen-bond acceptors (Lipinski definition) is 2. The van der Waals surface area contributed by atoms with E-state index in [0.717, 1.165) is 16.8 Å². The van der Waals surface area contributed by atoms with Crippen molar-refractivity contribution in [1.82, 2.24) is 9.78 Å². The smallest absolute Gasteiger partial charge is 0.226 e. The summed E-state index contributed by atoms with van der Waals surface area (Å²) in [4.78, 5) is 12.2. The molecule has 1 amide bonds. The predicted molar refractivity (Wildman–Crippen MR) is 89.8 cm³/mol. The van der Waals surface area contributed by atoms with Crippen LogP contribution in [0.25, 0.3) is 5.69 Å². The predicted octanol–water partition coefficient (Wildman–Crippen LogP) is 3.79. The standard InChI is InChI=1S/C19H16FN3O/c1-12-6-8-13(9-7-12)23-19-16(11-21-23)15(10-18(24)22-19)14-4-2-3-5-17(14)20/h2-9,11,15H,10H2,1H3,(H,22,24)/t15-/m1/s1. The van der Waals surface area contributed by atoms with Crippen LogP contribution < -0.4 is 5.32 Å². The molecule has 1 aliphatic heterocycles. The number of amides is 1. The second-order valence-corrected chi connectivity index (χ2v) is 6.02. The van der Waals surface area contributed by atoms with Crippen LogP contribution in [0.15, 0.2) is 54.7 Å². The molecule has 0 aliphatic carbocycles. The van der Waals surface area contributed by atoms with Crippen molar-refractivity contribution in [2.45, 2.75) is 19.3 Å². The Morgan fingerprint density at radius 2 is 1.88 bits per heavy atom. The van der Waals surface area contributed by atoms with Crippen LogP contribution in [0.5, 0.6) is 0 Å². The molecule has 0 saturated heterocycles. The third kappa shape index (κ3) is 2.38. The summed E-state index contributed by atoms with van der Waals surface area (Å²) >= 11 is 0. The molecule has 0 spiro atoms. The van der Waals surface area contributed by atoms with Gasteiger partial charge in [0, 0.05) is 17.9 Å². The molecule has 1 atom stereocenters. The van der Waals surface area contributed by atoms with E-state index in [2.05, 4.69) is 10.4 Å². The second-order valence-electron chi connectivity index (χ2n) is 6.02. The van der Waals surface area contributed by atoms with Crippen LogP contribution in [-0.2, 0) is 4.79 Å². The summed E-state index contributed by atoms with van der Waals surface area (Å²) in [5.74, 6) is -0.145. The Morgan fingerprint density at radius 1 is 1.12 bits per heavy atom. The fraction of sp³-hybridized carbons (Fsp3) is 0.158. The molecule has 0 saturated carbocycles. The fourth-order valence-corrected chi connectivity index (χ4v) is 3.14. The maximum atomic E-state index is 14.2. The van der Waals surface area contributed by atoms with Crippen LogP contribution in [0.2, 0.25) is 0 Å². The number of halogens is 1. The quantitative estimate of drug-likeness (QED) is 0.780. The van der Waals surface area contributed by atoms with Crippen LogP contribution in [0.1, 0.15) is 29.0 Å². The van der Waals surface area contributed by atoms with Gasteiger partial charge < -0.3 is 5.32 Å². The van der Waals surface area contributed by atoms with Crippen molar-refractivity contribution in [1.29, 1.82) is 0 Å². The van der Waals surface area contributed by atoms with Gasteiger partial charge in [0.15, 0.2) is 0 Å². The van der Waals surface area contributed by atoms with Gasteiger partial charge in [0.1, 0.15) is 11.6 Å². The van der Waals surface area contributed by atoms with Crippen molar-refractivity contribution < 1.29 is 9.18 Å². The molecular weight excluding hydrogens is 305 g/mol. The van der Waals surface area contributed by atoms with Crippen LogP contribution >= 0.6 is 0 Å². The second kappa shape index (κ2) is 5.60. The van der Waals surface area contributed by atoms with Crippen molar-refractivity contribution in [3.05, 3.63) is 77.2 Å². The molecule has 0 fully saturated rings. The van der Waals surface area contributed by atoms with Gasteiger partial charge in [-0.25, -0.2) is 9.07 Å². The third-order valence-electron chi connectivity index (χ3n) is 4.38. The monoisotopic (exact) mass is 321 g/mol. The van der Waals surface area contributed by atoms with E-state index in [0.29, 0.717) is 11.4 Å². The molecule has 24 heavy (non-hydrogen) atoms. The number of rotatable bonds is 2. The number of nitrogens with zero attached hydrogens (tertiary/aromatic N) is 2. The molecule has 5 heteroatoms. The Morgan fingerprint density at radius 3 is 2.62 bits per heavy atom. The molecule has 0 bridgehead atoms. The Labute approximate surface area is 138 Å². The molecule has 4 rings (SSSR count). The Hall–Kier alpha value is -2.95. The zero-order valence-electron chi connectivity index (χ0n) is 13.2. The molecule has 1 aliphatic rings. The van der Waals surface area contributed by atoms with Gasteiger partial charge in [0.2, 0.25) is 5.91 Å². The van der Waals surface area contributed by atoms with E-state index in [1.54, 1.807) is 29.1 Å². The van der Waals surface area contributed by atoms with Gasteiger partial charge in [-0.2, -0.15) is 5.10 Å². The van der Waals surface area contributed by atoms with Gasteiger partial charge in [0.05, 0.1) is 11.9 Å². The molecule has 2 heterocycles. The van der Waals surface area contributed by atoms with Gasteiger partial charge in [-0.05, 0) is 30.7 Å². The van der Waals surface area contributed by atoms with Crippen molar-refractivity contribution in [2.24, 2.45) is 0 Å². The summed E-state index contributed by atoms with van der Waals surface area (Å²) in [6, 6.07) is 14.5. The van der Waals surface area contributed by atoms with Gasteiger partial charge in [-0.3, -0.25) is 4.79 Å².